The third-order valence-corrected chi connectivity index (χ3v) is 3.56. The van der Waals surface area contributed by atoms with E-state index in [1.807, 2.05) is 13.8 Å². The lowest BCUT2D eigenvalue weighted by atomic mass is 10.2. The highest BCUT2D eigenvalue weighted by atomic mass is 35.5. The van der Waals surface area contributed by atoms with Gasteiger partial charge in [-0.05, 0) is 32.0 Å². The number of carboxylic acid groups (broad SMARTS) is 1. The zero-order valence-corrected chi connectivity index (χ0v) is 11.3. The highest BCUT2D eigenvalue weighted by Gasteiger charge is 2.14. The lowest BCUT2D eigenvalue weighted by Gasteiger charge is -2.05. The Morgan fingerprint density at radius 1 is 1.44 bits per heavy atom. The van der Waals surface area contributed by atoms with E-state index in [1.54, 1.807) is 6.07 Å². The van der Waals surface area contributed by atoms with Crippen LogP contribution < -0.4 is 4.74 Å². The standard InChI is InChI=1S/C12H10ClNO3S/c1-6-7(2)18-12(14-6)17-10-4-3-8(13)5-9(10)11(15)16/h3-5H,1-2H3,(H,15,16). The van der Waals surface area contributed by atoms with Gasteiger partial charge in [0.25, 0.3) is 5.19 Å². The smallest absolute Gasteiger partial charge is 0.339 e. The second-order valence-electron chi connectivity index (χ2n) is 3.67. The molecular formula is C12H10ClNO3S. The first-order chi connectivity index (χ1) is 8.47. The van der Waals surface area contributed by atoms with Gasteiger partial charge in [0.15, 0.2) is 0 Å². The van der Waals surface area contributed by atoms with Crippen LogP contribution in [0.4, 0.5) is 0 Å². The number of nitrogens with zero attached hydrogens (tertiary/aromatic N) is 1. The van der Waals surface area contributed by atoms with Crippen LogP contribution in [0, 0.1) is 13.8 Å². The Morgan fingerprint density at radius 2 is 2.17 bits per heavy atom. The average Bonchev–Trinajstić information content (AvgIpc) is 2.60. The molecule has 1 aromatic carbocycles. The van der Waals surface area contributed by atoms with Crippen LogP contribution in [-0.4, -0.2) is 16.1 Å². The van der Waals surface area contributed by atoms with Crippen LogP contribution in [0.15, 0.2) is 18.2 Å². The molecule has 0 aliphatic rings. The lowest BCUT2D eigenvalue weighted by Crippen LogP contribution is -1.99. The van der Waals surface area contributed by atoms with E-state index in [0.717, 1.165) is 10.6 Å². The van der Waals surface area contributed by atoms with Crippen molar-refractivity contribution in [1.29, 1.82) is 0 Å². The van der Waals surface area contributed by atoms with Gasteiger partial charge in [0.1, 0.15) is 11.3 Å². The Balaban J connectivity index is 2.36. The van der Waals surface area contributed by atoms with Gasteiger partial charge in [0.2, 0.25) is 0 Å². The van der Waals surface area contributed by atoms with Crippen molar-refractivity contribution in [3.05, 3.63) is 39.4 Å². The molecule has 0 spiro atoms. The summed E-state index contributed by atoms with van der Waals surface area (Å²) in [4.78, 5) is 16.3. The van der Waals surface area contributed by atoms with Gasteiger partial charge >= 0.3 is 5.97 Å². The molecule has 2 aromatic rings. The van der Waals surface area contributed by atoms with Gasteiger partial charge in [-0.3, -0.25) is 0 Å². The van der Waals surface area contributed by atoms with Crippen molar-refractivity contribution in [2.75, 3.05) is 0 Å². The van der Waals surface area contributed by atoms with E-state index in [2.05, 4.69) is 4.98 Å². The largest absolute Gasteiger partial charge is 0.478 e. The Labute approximate surface area is 113 Å². The summed E-state index contributed by atoms with van der Waals surface area (Å²) in [5.74, 6) is -0.849. The van der Waals surface area contributed by atoms with Gasteiger partial charge in [0.05, 0.1) is 5.69 Å². The second kappa shape index (κ2) is 4.96. The fraction of sp³-hybridized carbons (Fsp3) is 0.167. The predicted molar refractivity (Wildman–Crippen MR) is 70.1 cm³/mol. The number of hydrogen-bond donors (Lipinski definition) is 1. The molecule has 0 aliphatic heterocycles. The monoisotopic (exact) mass is 283 g/mol. The number of aryl methyl sites for hydroxylation is 2. The van der Waals surface area contributed by atoms with E-state index in [0.29, 0.717) is 10.2 Å². The number of thiazole rings is 1. The Kier molecular flexibility index (Phi) is 3.54. The fourth-order valence-corrected chi connectivity index (χ4v) is 2.28. The topological polar surface area (TPSA) is 59.4 Å². The first kappa shape index (κ1) is 12.9. The Morgan fingerprint density at radius 3 is 2.72 bits per heavy atom. The molecule has 0 saturated heterocycles. The molecule has 0 saturated carbocycles. The van der Waals surface area contributed by atoms with Crippen LogP contribution in [0.25, 0.3) is 0 Å². The maximum Gasteiger partial charge on any atom is 0.339 e. The summed E-state index contributed by atoms with van der Waals surface area (Å²) in [6, 6.07) is 4.46. The molecule has 94 valence electrons. The fourth-order valence-electron chi connectivity index (χ4n) is 1.34. The normalized spacial score (nSPS) is 10.4. The van der Waals surface area contributed by atoms with Gasteiger partial charge in [-0.25, -0.2) is 9.78 Å². The van der Waals surface area contributed by atoms with E-state index in [4.69, 9.17) is 21.4 Å². The zero-order chi connectivity index (χ0) is 13.3. The van der Waals surface area contributed by atoms with E-state index in [-0.39, 0.29) is 11.3 Å². The zero-order valence-electron chi connectivity index (χ0n) is 9.73. The number of carbonyl (C=O) groups is 1. The molecule has 1 N–H and O–H groups in total. The lowest BCUT2D eigenvalue weighted by molar-refractivity contribution is 0.0694. The molecule has 0 aliphatic carbocycles. The predicted octanol–water partition coefficient (Wildman–Crippen LogP) is 3.90. The molecule has 0 amide bonds. The quantitative estimate of drug-likeness (QED) is 0.928. The number of aromatic nitrogens is 1. The summed E-state index contributed by atoms with van der Waals surface area (Å²) in [6.45, 7) is 3.80. The highest BCUT2D eigenvalue weighted by molar-refractivity contribution is 7.13. The molecule has 2 rings (SSSR count). The van der Waals surface area contributed by atoms with Crippen LogP contribution in [0.5, 0.6) is 10.9 Å². The van der Waals surface area contributed by atoms with Crippen molar-refractivity contribution in [2.45, 2.75) is 13.8 Å². The number of aromatic carboxylic acids is 1. The molecule has 0 bridgehead atoms. The first-order valence-corrected chi connectivity index (χ1v) is 6.31. The average molecular weight is 284 g/mol. The van der Waals surface area contributed by atoms with Crippen LogP contribution in [0.3, 0.4) is 0 Å². The number of rotatable bonds is 3. The Hall–Kier alpha value is -1.59. The molecule has 0 atom stereocenters. The molecule has 1 heterocycles. The third-order valence-electron chi connectivity index (χ3n) is 2.38. The second-order valence-corrected chi connectivity index (χ2v) is 5.27. The van der Waals surface area contributed by atoms with Gasteiger partial charge < -0.3 is 9.84 Å². The van der Waals surface area contributed by atoms with Crippen LogP contribution in [0.1, 0.15) is 20.9 Å². The minimum Gasteiger partial charge on any atom is -0.478 e. The summed E-state index contributed by atoms with van der Waals surface area (Å²) >= 11 is 7.14. The van der Waals surface area contributed by atoms with Crippen molar-refractivity contribution in [1.82, 2.24) is 4.98 Å². The first-order valence-electron chi connectivity index (χ1n) is 5.12. The van der Waals surface area contributed by atoms with Crippen molar-refractivity contribution < 1.29 is 14.6 Å². The van der Waals surface area contributed by atoms with Gasteiger partial charge in [-0.2, -0.15) is 0 Å². The van der Waals surface area contributed by atoms with Crippen molar-refractivity contribution >= 4 is 28.9 Å². The van der Waals surface area contributed by atoms with Crippen LogP contribution >= 0.6 is 22.9 Å². The number of benzene rings is 1. The van der Waals surface area contributed by atoms with Gasteiger partial charge in [-0.1, -0.05) is 22.9 Å². The van der Waals surface area contributed by atoms with Crippen LogP contribution in [-0.2, 0) is 0 Å². The summed E-state index contributed by atoms with van der Waals surface area (Å²) < 4.78 is 5.50. The number of halogens is 1. The molecule has 0 unspecified atom stereocenters. The van der Waals surface area contributed by atoms with Crippen LogP contribution in [0.2, 0.25) is 5.02 Å². The molecule has 1 aromatic heterocycles. The number of ether oxygens (including phenoxy) is 1. The van der Waals surface area contributed by atoms with E-state index < -0.39 is 5.97 Å². The third kappa shape index (κ3) is 2.63. The van der Waals surface area contributed by atoms with Crippen molar-refractivity contribution in [3.63, 3.8) is 0 Å². The summed E-state index contributed by atoms with van der Waals surface area (Å²) in [5.41, 5.74) is 0.897. The number of hydrogen-bond acceptors (Lipinski definition) is 4. The Bertz CT molecular complexity index is 590. The highest BCUT2D eigenvalue weighted by Crippen LogP contribution is 2.31. The molecule has 4 nitrogen and oxygen atoms in total. The SMILES string of the molecule is Cc1nc(Oc2ccc(Cl)cc2C(=O)O)sc1C. The van der Waals surface area contributed by atoms with Gasteiger partial charge in [-0.15, -0.1) is 0 Å². The van der Waals surface area contributed by atoms with E-state index >= 15 is 0 Å². The van der Waals surface area contributed by atoms with E-state index in [1.165, 1.54) is 23.5 Å². The maximum atomic E-state index is 11.1. The summed E-state index contributed by atoms with van der Waals surface area (Å²) in [6.07, 6.45) is 0. The number of carboxylic acids is 1. The van der Waals surface area contributed by atoms with E-state index in [9.17, 15) is 4.79 Å². The molecule has 0 fully saturated rings. The molecular weight excluding hydrogens is 274 g/mol. The minimum absolute atomic E-state index is 0.0213. The summed E-state index contributed by atoms with van der Waals surface area (Å²) in [7, 11) is 0. The van der Waals surface area contributed by atoms with Crippen molar-refractivity contribution in [3.8, 4) is 10.9 Å². The molecule has 6 heteroatoms. The maximum absolute atomic E-state index is 11.1. The van der Waals surface area contributed by atoms with Crippen molar-refractivity contribution in [2.24, 2.45) is 0 Å². The molecule has 18 heavy (non-hydrogen) atoms. The summed E-state index contributed by atoms with van der Waals surface area (Å²) in [5, 5.41) is 9.85. The minimum atomic E-state index is -1.09. The molecule has 0 radical (unpaired) electrons. The van der Waals surface area contributed by atoms with Gasteiger partial charge in [0, 0.05) is 9.90 Å².